The third kappa shape index (κ3) is 2.70. The average molecular weight is 201 g/mol. The zero-order valence-electron chi connectivity index (χ0n) is 7.22. The normalized spacial score (nSPS) is 11.8. The summed E-state index contributed by atoms with van der Waals surface area (Å²) in [5.74, 6) is 0.109. The standard InChI is InChI=1S/C9H10ClFN2/c1-6-2-3-7(11)4-8(6)13-9(12)5-10/h2-4H,5H2,1H3,(H2,12,13). The molecule has 0 unspecified atom stereocenters. The Bertz CT molecular complexity index is 336. The van der Waals surface area contributed by atoms with E-state index in [4.69, 9.17) is 17.3 Å². The molecule has 70 valence electrons. The zero-order valence-corrected chi connectivity index (χ0v) is 7.98. The monoisotopic (exact) mass is 200 g/mol. The molecule has 0 radical (unpaired) electrons. The summed E-state index contributed by atoms with van der Waals surface area (Å²) in [5.41, 5.74) is 6.82. The van der Waals surface area contributed by atoms with Crippen LogP contribution in [-0.2, 0) is 0 Å². The third-order valence-electron chi connectivity index (χ3n) is 1.57. The summed E-state index contributed by atoms with van der Waals surface area (Å²) in [4.78, 5) is 3.96. The molecular weight excluding hydrogens is 191 g/mol. The van der Waals surface area contributed by atoms with Gasteiger partial charge < -0.3 is 5.73 Å². The second kappa shape index (κ2) is 4.23. The lowest BCUT2D eigenvalue weighted by molar-refractivity contribution is 0.628. The molecule has 0 atom stereocenters. The quantitative estimate of drug-likeness (QED) is 0.444. The maximum Gasteiger partial charge on any atom is 0.125 e. The maximum atomic E-state index is 12.8. The Morgan fingerprint density at radius 3 is 2.92 bits per heavy atom. The predicted octanol–water partition coefficient (Wildman–Crippen LogP) is 2.36. The second-order valence-electron chi connectivity index (χ2n) is 2.67. The van der Waals surface area contributed by atoms with Crippen LogP contribution >= 0.6 is 11.6 Å². The number of hydrogen-bond donors (Lipinski definition) is 1. The van der Waals surface area contributed by atoms with Crippen LogP contribution in [0.4, 0.5) is 10.1 Å². The van der Waals surface area contributed by atoms with Gasteiger partial charge in [-0.25, -0.2) is 9.38 Å². The van der Waals surface area contributed by atoms with Gasteiger partial charge in [0.25, 0.3) is 0 Å². The molecule has 0 saturated carbocycles. The summed E-state index contributed by atoms with van der Waals surface area (Å²) in [6, 6.07) is 4.36. The first-order valence-electron chi connectivity index (χ1n) is 3.78. The molecule has 4 heteroatoms. The predicted molar refractivity (Wildman–Crippen MR) is 53.1 cm³/mol. The summed E-state index contributed by atoms with van der Waals surface area (Å²) >= 11 is 5.44. The van der Waals surface area contributed by atoms with Crippen LogP contribution in [-0.4, -0.2) is 11.7 Å². The van der Waals surface area contributed by atoms with Gasteiger partial charge in [-0.1, -0.05) is 6.07 Å². The lowest BCUT2D eigenvalue weighted by Gasteiger charge is -2.00. The maximum absolute atomic E-state index is 12.8. The van der Waals surface area contributed by atoms with E-state index in [2.05, 4.69) is 4.99 Å². The molecule has 1 aromatic carbocycles. The highest BCUT2D eigenvalue weighted by atomic mass is 35.5. The minimum Gasteiger partial charge on any atom is -0.386 e. The molecule has 0 aromatic heterocycles. The van der Waals surface area contributed by atoms with Crippen molar-refractivity contribution in [1.82, 2.24) is 0 Å². The van der Waals surface area contributed by atoms with Crippen LogP contribution in [0.15, 0.2) is 23.2 Å². The largest absolute Gasteiger partial charge is 0.386 e. The number of amidine groups is 1. The minimum absolute atomic E-state index is 0.149. The zero-order chi connectivity index (χ0) is 9.84. The van der Waals surface area contributed by atoms with Gasteiger partial charge in [-0.2, -0.15) is 0 Å². The number of nitrogens with zero attached hydrogens (tertiary/aromatic N) is 1. The van der Waals surface area contributed by atoms with Crippen LogP contribution < -0.4 is 5.73 Å². The number of halogens is 2. The molecule has 2 N–H and O–H groups in total. The first-order valence-corrected chi connectivity index (χ1v) is 4.32. The van der Waals surface area contributed by atoms with Crippen LogP contribution in [0.1, 0.15) is 5.56 Å². The Balaban J connectivity index is 3.07. The fraction of sp³-hybridized carbons (Fsp3) is 0.222. The molecule has 0 spiro atoms. The second-order valence-corrected chi connectivity index (χ2v) is 2.93. The van der Waals surface area contributed by atoms with E-state index >= 15 is 0 Å². The van der Waals surface area contributed by atoms with E-state index in [-0.39, 0.29) is 17.5 Å². The summed E-state index contributed by atoms with van der Waals surface area (Å²) in [6.07, 6.45) is 0. The van der Waals surface area contributed by atoms with Gasteiger partial charge in [0, 0.05) is 0 Å². The van der Waals surface area contributed by atoms with Gasteiger partial charge in [0.1, 0.15) is 11.7 Å². The van der Waals surface area contributed by atoms with Crippen LogP contribution in [0.25, 0.3) is 0 Å². The van der Waals surface area contributed by atoms with Crippen molar-refractivity contribution in [3.8, 4) is 0 Å². The van der Waals surface area contributed by atoms with Crippen molar-refractivity contribution in [3.63, 3.8) is 0 Å². The summed E-state index contributed by atoms with van der Waals surface area (Å²) < 4.78 is 12.8. The van der Waals surface area contributed by atoms with Crippen LogP contribution in [0, 0.1) is 12.7 Å². The summed E-state index contributed by atoms with van der Waals surface area (Å²) in [5, 5.41) is 0. The van der Waals surface area contributed by atoms with Crippen molar-refractivity contribution in [2.24, 2.45) is 10.7 Å². The molecule has 0 bridgehead atoms. The van der Waals surface area contributed by atoms with Crippen molar-refractivity contribution in [2.45, 2.75) is 6.92 Å². The Morgan fingerprint density at radius 2 is 2.31 bits per heavy atom. The first-order chi connectivity index (χ1) is 6.13. The Labute approximate surface area is 81.2 Å². The van der Waals surface area contributed by atoms with E-state index in [9.17, 15) is 4.39 Å². The molecule has 0 aliphatic carbocycles. The number of hydrogen-bond acceptors (Lipinski definition) is 1. The molecule has 1 rings (SSSR count). The minimum atomic E-state index is -0.327. The van der Waals surface area contributed by atoms with E-state index in [0.29, 0.717) is 5.69 Å². The van der Waals surface area contributed by atoms with Gasteiger partial charge in [0.15, 0.2) is 0 Å². The number of aryl methyl sites for hydroxylation is 1. The Morgan fingerprint density at radius 1 is 1.62 bits per heavy atom. The highest BCUT2D eigenvalue weighted by Gasteiger charge is 1.99. The molecule has 2 nitrogen and oxygen atoms in total. The molecule has 0 saturated heterocycles. The van der Waals surface area contributed by atoms with Gasteiger partial charge >= 0.3 is 0 Å². The van der Waals surface area contributed by atoms with Gasteiger partial charge in [0.05, 0.1) is 11.6 Å². The third-order valence-corrected chi connectivity index (χ3v) is 1.85. The van der Waals surface area contributed by atoms with Crippen molar-refractivity contribution in [3.05, 3.63) is 29.6 Å². The van der Waals surface area contributed by atoms with Crippen molar-refractivity contribution in [1.29, 1.82) is 0 Å². The van der Waals surface area contributed by atoms with E-state index in [1.165, 1.54) is 12.1 Å². The van der Waals surface area contributed by atoms with Gasteiger partial charge in [-0.15, -0.1) is 11.6 Å². The molecule has 0 amide bonds. The average Bonchev–Trinajstić information content (AvgIpc) is 2.11. The van der Waals surface area contributed by atoms with E-state index in [1.807, 2.05) is 6.92 Å². The van der Waals surface area contributed by atoms with Crippen molar-refractivity contribution >= 4 is 23.1 Å². The number of benzene rings is 1. The fourth-order valence-corrected chi connectivity index (χ4v) is 0.947. The van der Waals surface area contributed by atoms with Crippen molar-refractivity contribution in [2.75, 3.05) is 5.88 Å². The fourth-order valence-electron chi connectivity index (χ4n) is 0.888. The van der Waals surface area contributed by atoms with Crippen LogP contribution in [0.2, 0.25) is 0 Å². The van der Waals surface area contributed by atoms with Crippen molar-refractivity contribution < 1.29 is 4.39 Å². The Hall–Kier alpha value is -1.09. The lowest BCUT2D eigenvalue weighted by Crippen LogP contribution is -2.12. The Kier molecular flexibility index (Phi) is 3.25. The molecule has 13 heavy (non-hydrogen) atoms. The van der Waals surface area contributed by atoms with Crippen LogP contribution in [0.5, 0.6) is 0 Å². The summed E-state index contributed by atoms with van der Waals surface area (Å²) in [7, 11) is 0. The SMILES string of the molecule is Cc1ccc(F)cc1N=C(N)CCl. The topological polar surface area (TPSA) is 38.4 Å². The molecule has 0 heterocycles. The highest BCUT2D eigenvalue weighted by molar-refractivity contribution is 6.28. The lowest BCUT2D eigenvalue weighted by atomic mass is 10.2. The smallest absolute Gasteiger partial charge is 0.125 e. The number of alkyl halides is 1. The number of nitrogens with two attached hydrogens (primary N) is 1. The molecule has 1 aromatic rings. The van der Waals surface area contributed by atoms with E-state index in [0.717, 1.165) is 5.56 Å². The molecular formula is C9H10ClFN2. The van der Waals surface area contributed by atoms with E-state index < -0.39 is 0 Å². The first kappa shape index (κ1) is 9.99. The van der Waals surface area contributed by atoms with Crippen LogP contribution in [0.3, 0.4) is 0 Å². The van der Waals surface area contributed by atoms with E-state index in [1.54, 1.807) is 6.07 Å². The summed E-state index contributed by atoms with van der Waals surface area (Å²) in [6.45, 7) is 1.83. The molecule has 0 fully saturated rings. The van der Waals surface area contributed by atoms with Gasteiger partial charge in [0.2, 0.25) is 0 Å². The number of rotatable bonds is 2. The highest BCUT2D eigenvalue weighted by Crippen LogP contribution is 2.19. The van der Waals surface area contributed by atoms with Gasteiger partial charge in [-0.3, -0.25) is 0 Å². The number of aliphatic imine (C=N–C) groups is 1. The molecule has 0 aliphatic heterocycles. The molecule has 0 aliphatic rings. The van der Waals surface area contributed by atoms with Gasteiger partial charge in [-0.05, 0) is 24.6 Å².